The molecule has 0 bridgehead atoms. The number of fused-ring (bicyclic) bond motifs is 1. The Labute approximate surface area is 94.0 Å². The van der Waals surface area contributed by atoms with Gasteiger partial charge in [0.2, 0.25) is 0 Å². The molecule has 0 aromatic rings. The van der Waals surface area contributed by atoms with Crippen LogP contribution < -0.4 is 0 Å². The van der Waals surface area contributed by atoms with Crippen LogP contribution in [0.15, 0.2) is 11.3 Å². The van der Waals surface area contributed by atoms with Gasteiger partial charge in [0.15, 0.2) is 0 Å². The number of ketones is 1. The second-order valence-electron chi connectivity index (χ2n) is 6.22. The molecule has 2 fully saturated rings. The topological polar surface area (TPSA) is 17.1 Å². The Bertz CT molecular complexity index is 298. The van der Waals surface area contributed by atoms with Crippen molar-refractivity contribution in [2.75, 3.05) is 0 Å². The van der Waals surface area contributed by atoms with E-state index in [1.165, 1.54) is 24.8 Å². The van der Waals surface area contributed by atoms with Gasteiger partial charge in [-0.25, -0.2) is 0 Å². The summed E-state index contributed by atoms with van der Waals surface area (Å²) in [6, 6.07) is 0. The van der Waals surface area contributed by atoms with Crippen LogP contribution in [-0.2, 0) is 4.79 Å². The van der Waals surface area contributed by atoms with E-state index in [4.69, 9.17) is 0 Å². The summed E-state index contributed by atoms with van der Waals surface area (Å²) in [6.45, 7) is 7.09. The van der Waals surface area contributed by atoms with E-state index in [0.29, 0.717) is 17.6 Å². The van der Waals surface area contributed by atoms with E-state index in [1.54, 1.807) is 0 Å². The number of Topliss-reactive ketones (excluding diaryl/α,β-unsaturated/α-hetero) is 1. The van der Waals surface area contributed by atoms with Crippen molar-refractivity contribution in [1.82, 2.24) is 0 Å². The van der Waals surface area contributed by atoms with Crippen LogP contribution in [0.5, 0.6) is 0 Å². The molecule has 2 rings (SSSR count). The van der Waals surface area contributed by atoms with E-state index in [1.807, 2.05) is 0 Å². The summed E-state index contributed by atoms with van der Waals surface area (Å²) in [7, 11) is -1.14. The fourth-order valence-electron chi connectivity index (χ4n) is 3.17. The minimum atomic E-state index is -1.14. The van der Waals surface area contributed by atoms with Crippen molar-refractivity contribution < 1.29 is 4.79 Å². The smallest absolute Gasteiger partial charge is 0.140 e. The summed E-state index contributed by atoms with van der Waals surface area (Å²) in [6.07, 6.45) is 5.74. The monoisotopic (exact) mass is 222 g/mol. The van der Waals surface area contributed by atoms with Crippen molar-refractivity contribution >= 4 is 13.9 Å². The minimum absolute atomic E-state index is 0.338. The van der Waals surface area contributed by atoms with E-state index < -0.39 is 8.07 Å². The highest BCUT2D eigenvalue weighted by atomic mass is 28.3. The third-order valence-corrected chi connectivity index (χ3v) is 4.87. The number of rotatable bonds is 1. The summed E-state index contributed by atoms with van der Waals surface area (Å²) in [4.78, 5) is 11.9. The fraction of sp³-hybridized carbons (Fsp3) is 0.769. The van der Waals surface area contributed by atoms with Crippen LogP contribution in [0.2, 0.25) is 19.6 Å². The summed E-state index contributed by atoms with van der Waals surface area (Å²) < 4.78 is 0. The molecule has 0 heterocycles. The lowest BCUT2D eigenvalue weighted by atomic mass is 9.79. The quantitative estimate of drug-likeness (QED) is 0.620. The molecule has 0 aromatic carbocycles. The van der Waals surface area contributed by atoms with E-state index in [-0.39, 0.29) is 0 Å². The Morgan fingerprint density at radius 2 is 1.93 bits per heavy atom. The molecule has 0 radical (unpaired) electrons. The largest absolute Gasteiger partial charge is 0.299 e. The SMILES string of the molecule is C[Si](C)(C)/C=C1\CC[C@@H]2CCCC(=O)[C@H]12. The molecule has 0 saturated heterocycles. The van der Waals surface area contributed by atoms with Gasteiger partial charge in [-0.3, -0.25) is 4.79 Å². The molecule has 0 amide bonds. The molecule has 0 spiro atoms. The molecule has 84 valence electrons. The maximum atomic E-state index is 11.9. The number of carbonyl (C=O) groups excluding carboxylic acids is 1. The van der Waals surface area contributed by atoms with Gasteiger partial charge in [0.25, 0.3) is 0 Å². The maximum Gasteiger partial charge on any atom is 0.140 e. The highest BCUT2D eigenvalue weighted by Gasteiger charge is 2.39. The molecule has 2 aliphatic carbocycles. The first-order valence-electron chi connectivity index (χ1n) is 6.22. The van der Waals surface area contributed by atoms with Crippen molar-refractivity contribution in [1.29, 1.82) is 0 Å². The Morgan fingerprint density at radius 3 is 2.60 bits per heavy atom. The summed E-state index contributed by atoms with van der Waals surface area (Å²) in [5, 5.41) is 0. The molecule has 2 atom stereocenters. The van der Waals surface area contributed by atoms with E-state index >= 15 is 0 Å². The van der Waals surface area contributed by atoms with E-state index in [0.717, 1.165) is 12.8 Å². The molecule has 0 aromatic heterocycles. The zero-order chi connectivity index (χ0) is 11.1. The summed E-state index contributed by atoms with van der Waals surface area (Å²) in [5.41, 5.74) is 3.99. The van der Waals surface area contributed by atoms with Crippen LogP contribution >= 0.6 is 0 Å². The summed E-state index contributed by atoms with van der Waals surface area (Å²) >= 11 is 0. The average Bonchev–Trinajstić information content (AvgIpc) is 2.47. The number of hydrogen-bond acceptors (Lipinski definition) is 1. The van der Waals surface area contributed by atoms with Crippen LogP contribution in [0.3, 0.4) is 0 Å². The fourth-order valence-corrected chi connectivity index (χ4v) is 4.61. The number of hydrogen-bond donors (Lipinski definition) is 0. The van der Waals surface area contributed by atoms with Gasteiger partial charge in [-0.1, -0.05) is 30.9 Å². The molecular formula is C13H22OSi. The van der Waals surface area contributed by atoms with Crippen LogP contribution in [0.25, 0.3) is 0 Å². The Kier molecular flexibility index (Phi) is 2.89. The van der Waals surface area contributed by atoms with Crippen LogP contribution in [0.4, 0.5) is 0 Å². The van der Waals surface area contributed by atoms with E-state index in [2.05, 4.69) is 25.3 Å². The molecule has 0 aliphatic heterocycles. The van der Waals surface area contributed by atoms with Gasteiger partial charge in [0, 0.05) is 12.3 Å². The zero-order valence-electron chi connectivity index (χ0n) is 10.2. The summed E-state index contributed by atoms with van der Waals surface area (Å²) in [5.74, 6) is 1.58. The second-order valence-corrected chi connectivity index (χ2v) is 11.2. The predicted molar refractivity (Wildman–Crippen MR) is 66.5 cm³/mol. The van der Waals surface area contributed by atoms with Gasteiger partial charge in [-0.2, -0.15) is 0 Å². The van der Waals surface area contributed by atoms with Crippen molar-refractivity contribution in [3.05, 3.63) is 11.3 Å². The Balaban J connectivity index is 2.22. The third kappa shape index (κ3) is 2.41. The van der Waals surface area contributed by atoms with Gasteiger partial charge < -0.3 is 0 Å². The zero-order valence-corrected chi connectivity index (χ0v) is 11.2. The number of carbonyl (C=O) groups is 1. The lowest BCUT2D eigenvalue weighted by molar-refractivity contribution is -0.124. The van der Waals surface area contributed by atoms with Gasteiger partial charge in [-0.05, 0) is 31.6 Å². The molecule has 2 saturated carbocycles. The van der Waals surface area contributed by atoms with Gasteiger partial charge in [0.1, 0.15) is 5.78 Å². The van der Waals surface area contributed by atoms with E-state index in [9.17, 15) is 4.79 Å². The van der Waals surface area contributed by atoms with Crippen molar-refractivity contribution in [3.63, 3.8) is 0 Å². The first-order valence-corrected chi connectivity index (χ1v) is 9.79. The molecule has 15 heavy (non-hydrogen) atoms. The van der Waals surface area contributed by atoms with Crippen molar-refractivity contribution in [3.8, 4) is 0 Å². The van der Waals surface area contributed by atoms with Crippen molar-refractivity contribution in [2.24, 2.45) is 11.8 Å². The van der Waals surface area contributed by atoms with Gasteiger partial charge >= 0.3 is 0 Å². The molecule has 2 heteroatoms. The van der Waals surface area contributed by atoms with Gasteiger partial charge in [-0.15, -0.1) is 0 Å². The highest BCUT2D eigenvalue weighted by molar-refractivity contribution is 6.81. The van der Waals surface area contributed by atoms with Crippen LogP contribution in [0, 0.1) is 11.8 Å². The molecule has 2 aliphatic rings. The molecule has 0 N–H and O–H groups in total. The average molecular weight is 222 g/mol. The van der Waals surface area contributed by atoms with Crippen LogP contribution in [0.1, 0.15) is 32.1 Å². The standard InChI is InChI=1S/C13H22OSi/c1-15(2,3)9-11-8-7-10-5-4-6-12(14)13(10)11/h9-10,13H,4-8H2,1-3H3/b11-9+/t10-,13-/m0/s1. The third-order valence-electron chi connectivity index (χ3n) is 3.64. The lowest BCUT2D eigenvalue weighted by Crippen LogP contribution is -2.27. The maximum absolute atomic E-state index is 11.9. The van der Waals surface area contributed by atoms with Gasteiger partial charge in [0.05, 0.1) is 8.07 Å². The first-order chi connectivity index (χ1) is 6.97. The van der Waals surface area contributed by atoms with Crippen molar-refractivity contribution in [2.45, 2.75) is 51.7 Å². The molecule has 0 unspecified atom stereocenters. The normalized spacial score (nSPS) is 34.6. The molecule has 1 nitrogen and oxygen atoms in total. The Hall–Kier alpha value is -0.373. The van der Waals surface area contributed by atoms with Crippen LogP contribution in [-0.4, -0.2) is 13.9 Å². The highest BCUT2D eigenvalue weighted by Crippen LogP contribution is 2.44. The Morgan fingerprint density at radius 1 is 1.20 bits per heavy atom. The number of allylic oxidation sites excluding steroid dienone is 1. The lowest BCUT2D eigenvalue weighted by Gasteiger charge is -2.25. The second kappa shape index (κ2) is 3.89. The predicted octanol–water partition coefficient (Wildman–Crippen LogP) is 3.57. The molecular weight excluding hydrogens is 200 g/mol. The minimum Gasteiger partial charge on any atom is -0.299 e. The first kappa shape index (κ1) is 11.1.